The molecule has 1 amide bonds. The quantitative estimate of drug-likeness (QED) is 0.733. The first-order valence-corrected chi connectivity index (χ1v) is 5.72. The van der Waals surface area contributed by atoms with Gasteiger partial charge in [0.05, 0.1) is 5.54 Å². The monoisotopic (exact) mass is 214 g/mol. The summed E-state index contributed by atoms with van der Waals surface area (Å²) < 4.78 is 0. The van der Waals surface area contributed by atoms with Crippen molar-refractivity contribution in [3.8, 4) is 0 Å². The van der Waals surface area contributed by atoms with E-state index in [4.69, 9.17) is 5.73 Å². The predicted octanol–water partition coefficient (Wildman–Crippen LogP) is 1.86. The number of carbonyl (C=O) groups excluding carboxylic acids is 1. The zero-order chi connectivity index (χ0) is 12.2. The van der Waals surface area contributed by atoms with E-state index in [-0.39, 0.29) is 5.91 Å². The number of nitrogens with two attached hydrogens (primary N) is 1. The van der Waals surface area contributed by atoms with Crippen LogP contribution in [-0.2, 0) is 4.79 Å². The number of rotatable bonds is 6. The molecular formula is C12H26N2O. The molecule has 0 atom stereocenters. The zero-order valence-corrected chi connectivity index (χ0v) is 11.0. The smallest absolute Gasteiger partial charge is 0.237 e. The van der Waals surface area contributed by atoms with Crippen molar-refractivity contribution in [2.24, 2.45) is 17.6 Å². The first-order chi connectivity index (χ1) is 6.67. The molecule has 2 N–H and O–H groups in total. The molecule has 0 saturated carbocycles. The summed E-state index contributed by atoms with van der Waals surface area (Å²) in [5, 5.41) is 0. The van der Waals surface area contributed by atoms with Crippen LogP contribution in [0, 0.1) is 11.8 Å². The van der Waals surface area contributed by atoms with E-state index in [1.54, 1.807) is 0 Å². The molecule has 0 bridgehead atoms. The maximum absolute atomic E-state index is 11.4. The van der Waals surface area contributed by atoms with Gasteiger partial charge in [-0.1, -0.05) is 27.7 Å². The molecule has 0 unspecified atom stereocenters. The van der Waals surface area contributed by atoms with Crippen molar-refractivity contribution in [2.75, 3.05) is 13.1 Å². The Morgan fingerprint density at radius 3 is 1.67 bits per heavy atom. The van der Waals surface area contributed by atoms with Crippen LogP contribution in [0.1, 0.15) is 41.5 Å². The maximum Gasteiger partial charge on any atom is 0.237 e. The number of carbonyl (C=O) groups is 1. The minimum Gasteiger partial charge on any atom is -0.368 e. The van der Waals surface area contributed by atoms with Crippen molar-refractivity contribution >= 4 is 5.91 Å². The summed E-state index contributed by atoms with van der Waals surface area (Å²) in [6, 6.07) is 0. The molecule has 3 heteroatoms. The molecule has 0 aliphatic carbocycles. The first-order valence-electron chi connectivity index (χ1n) is 5.72. The Kier molecular flexibility index (Phi) is 5.29. The molecule has 0 saturated heterocycles. The lowest BCUT2D eigenvalue weighted by atomic mass is 9.98. The molecule has 0 fully saturated rings. The summed E-state index contributed by atoms with van der Waals surface area (Å²) >= 11 is 0. The second-order valence-electron chi connectivity index (χ2n) is 5.62. The average Bonchev–Trinajstić information content (AvgIpc) is 2.00. The normalized spacial score (nSPS) is 12.9. The summed E-state index contributed by atoms with van der Waals surface area (Å²) in [5.41, 5.74) is 4.89. The molecule has 0 spiro atoms. The fourth-order valence-corrected chi connectivity index (χ4v) is 1.57. The summed E-state index contributed by atoms with van der Waals surface area (Å²) in [4.78, 5) is 13.6. The Bertz CT molecular complexity index is 200. The molecule has 3 nitrogen and oxygen atoms in total. The lowest BCUT2D eigenvalue weighted by molar-refractivity contribution is -0.129. The van der Waals surface area contributed by atoms with Crippen LogP contribution in [0.5, 0.6) is 0 Å². The van der Waals surface area contributed by atoms with Gasteiger partial charge in [-0.3, -0.25) is 9.69 Å². The highest BCUT2D eigenvalue weighted by Crippen LogP contribution is 2.17. The predicted molar refractivity (Wildman–Crippen MR) is 64.5 cm³/mol. The topological polar surface area (TPSA) is 46.3 Å². The lowest BCUT2D eigenvalue weighted by Gasteiger charge is -2.38. The molecular weight excluding hydrogens is 188 g/mol. The minimum absolute atomic E-state index is 0.246. The standard InChI is InChI=1S/C12H26N2O/c1-9(2)7-14(8-10(3)4)12(5,6)11(13)15/h9-10H,7-8H2,1-6H3,(H2,13,15). The highest BCUT2D eigenvalue weighted by Gasteiger charge is 2.33. The van der Waals surface area contributed by atoms with Gasteiger partial charge < -0.3 is 5.73 Å². The van der Waals surface area contributed by atoms with Gasteiger partial charge in [-0.15, -0.1) is 0 Å². The van der Waals surface area contributed by atoms with E-state index in [2.05, 4.69) is 32.6 Å². The van der Waals surface area contributed by atoms with Crippen LogP contribution in [0.25, 0.3) is 0 Å². The molecule has 0 aromatic carbocycles. The maximum atomic E-state index is 11.4. The first kappa shape index (κ1) is 14.4. The van der Waals surface area contributed by atoms with Gasteiger partial charge in [0.15, 0.2) is 0 Å². The van der Waals surface area contributed by atoms with Crippen molar-refractivity contribution < 1.29 is 4.79 Å². The van der Waals surface area contributed by atoms with E-state index in [9.17, 15) is 4.79 Å². The minimum atomic E-state index is -0.547. The third-order valence-electron chi connectivity index (χ3n) is 2.56. The molecule has 0 radical (unpaired) electrons. The second-order valence-corrected chi connectivity index (χ2v) is 5.62. The van der Waals surface area contributed by atoms with Crippen LogP contribution in [0.4, 0.5) is 0 Å². The van der Waals surface area contributed by atoms with E-state index < -0.39 is 5.54 Å². The fraction of sp³-hybridized carbons (Fsp3) is 0.917. The zero-order valence-electron chi connectivity index (χ0n) is 11.0. The van der Waals surface area contributed by atoms with E-state index >= 15 is 0 Å². The van der Waals surface area contributed by atoms with E-state index in [0.29, 0.717) is 11.8 Å². The van der Waals surface area contributed by atoms with Gasteiger partial charge in [-0.25, -0.2) is 0 Å². The molecule has 0 rings (SSSR count). The fourth-order valence-electron chi connectivity index (χ4n) is 1.57. The Hall–Kier alpha value is -0.570. The van der Waals surface area contributed by atoms with Gasteiger partial charge in [-0.2, -0.15) is 0 Å². The Morgan fingerprint density at radius 2 is 1.47 bits per heavy atom. The Morgan fingerprint density at radius 1 is 1.13 bits per heavy atom. The molecule has 0 aromatic rings. The van der Waals surface area contributed by atoms with Crippen molar-refractivity contribution in [1.82, 2.24) is 4.90 Å². The Balaban J connectivity index is 4.68. The molecule has 0 aromatic heterocycles. The highest BCUT2D eigenvalue weighted by atomic mass is 16.1. The largest absolute Gasteiger partial charge is 0.368 e. The second kappa shape index (κ2) is 5.50. The van der Waals surface area contributed by atoms with E-state index in [0.717, 1.165) is 13.1 Å². The van der Waals surface area contributed by atoms with Crippen molar-refractivity contribution in [1.29, 1.82) is 0 Å². The molecule has 0 aliphatic rings. The van der Waals surface area contributed by atoms with Crippen LogP contribution >= 0.6 is 0 Å². The molecule has 15 heavy (non-hydrogen) atoms. The van der Waals surface area contributed by atoms with Crippen LogP contribution in [0.2, 0.25) is 0 Å². The SMILES string of the molecule is CC(C)CN(CC(C)C)C(C)(C)C(N)=O. The molecule has 0 aliphatic heterocycles. The van der Waals surface area contributed by atoms with Gasteiger partial charge in [0.25, 0.3) is 0 Å². The van der Waals surface area contributed by atoms with Crippen molar-refractivity contribution in [3.63, 3.8) is 0 Å². The summed E-state index contributed by atoms with van der Waals surface area (Å²) in [5.74, 6) is 0.841. The third kappa shape index (κ3) is 4.65. The van der Waals surface area contributed by atoms with Gasteiger partial charge in [0.1, 0.15) is 0 Å². The number of primary amides is 1. The number of nitrogens with zero attached hydrogens (tertiary/aromatic N) is 1. The van der Waals surface area contributed by atoms with Crippen LogP contribution in [-0.4, -0.2) is 29.4 Å². The van der Waals surface area contributed by atoms with Gasteiger partial charge in [0, 0.05) is 13.1 Å². The summed E-state index contributed by atoms with van der Waals surface area (Å²) in [6.07, 6.45) is 0. The molecule has 90 valence electrons. The summed E-state index contributed by atoms with van der Waals surface area (Å²) in [7, 11) is 0. The van der Waals surface area contributed by atoms with Crippen LogP contribution < -0.4 is 5.73 Å². The van der Waals surface area contributed by atoms with Gasteiger partial charge in [0.2, 0.25) is 5.91 Å². The average molecular weight is 214 g/mol. The number of hydrogen-bond donors (Lipinski definition) is 1. The van der Waals surface area contributed by atoms with Gasteiger partial charge >= 0.3 is 0 Å². The van der Waals surface area contributed by atoms with Crippen molar-refractivity contribution in [3.05, 3.63) is 0 Å². The molecule has 0 heterocycles. The van der Waals surface area contributed by atoms with Crippen molar-refractivity contribution in [2.45, 2.75) is 47.1 Å². The van der Waals surface area contributed by atoms with Gasteiger partial charge in [-0.05, 0) is 25.7 Å². The number of amides is 1. The lowest BCUT2D eigenvalue weighted by Crippen LogP contribution is -2.55. The number of hydrogen-bond acceptors (Lipinski definition) is 2. The third-order valence-corrected chi connectivity index (χ3v) is 2.56. The van der Waals surface area contributed by atoms with Crippen LogP contribution in [0.15, 0.2) is 0 Å². The van der Waals surface area contributed by atoms with E-state index in [1.165, 1.54) is 0 Å². The summed E-state index contributed by atoms with van der Waals surface area (Å²) in [6.45, 7) is 14.3. The Labute approximate surface area is 94.0 Å². The van der Waals surface area contributed by atoms with Crippen LogP contribution in [0.3, 0.4) is 0 Å². The highest BCUT2D eigenvalue weighted by molar-refractivity contribution is 5.83. The van der Waals surface area contributed by atoms with E-state index in [1.807, 2.05) is 13.8 Å².